The van der Waals surface area contributed by atoms with Gasteiger partial charge in [-0.15, -0.1) is 0 Å². The quantitative estimate of drug-likeness (QED) is 0.326. The Hall–Kier alpha value is -0.770. The van der Waals surface area contributed by atoms with Gasteiger partial charge in [0.25, 0.3) is 0 Å². The van der Waals surface area contributed by atoms with Crippen molar-refractivity contribution in [3.05, 3.63) is 0 Å². The Kier molecular flexibility index (Phi) is 5.60. The number of nitrogens with zero attached hydrogens (tertiary/aromatic N) is 2. The summed E-state index contributed by atoms with van der Waals surface area (Å²) in [5.74, 6) is 1.43. The highest BCUT2D eigenvalue weighted by atomic mass is 16.4. The van der Waals surface area contributed by atoms with E-state index in [4.69, 9.17) is 10.9 Å². The van der Waals surface area contributed by atoms with Gasteiger partial charge >= 0.3 is 0 Å². The second kappa shape index (κ2) is 6.74. The van der Waals surface area contributed by atoms with Crippen LogP contribution in [-0.2, 0) is 0 Å². The number of piperidine rings is 1. The summed E-state index contributed by atoms with van der Waals surface area (Å²) in [6.07, 6.45) is 4.74. The third kappa shape index (κ3) is 4.39. The van der Waals surface area contributed by atoms with Crippen molar-refractivity contribution in [2.75, 3.05) is 19.6 Å². The number of hydrogen-bond acceptors (Lipinski definition) is 3. The maximum atomic E-state index is 8.67. The van der Waals surface area contributed by atoms with Gasteiger partial charge in [-0.05, 0) is 44.7 Å². The fraction of sp³-hybridized carbons (Fsp3) is 0.917. The van der Waals surface area contributed by atoms with Gasteiger partial charge < -0.3 is 15.8 Å². The summed E-state index contributed by atoms with van der Waals surface area (Å²) in [4.78, 5) is 2.44. The standard InChI is InChI=1S/C12H25N3O/c1-10(2)5-3-7-15-8-4-6-11(9-15)12(13)14-16/h10-11,16H,3-9H2,1-2H3,(H2,13,14). The number of nitrogens with two attached hydrogens (primary N) is 1. The first-order valence-electron chi connectivity index (χ1n) is 6.33. The van der Waals surface area contributed by atoms with E-state index in [1.807, 2.05) is 0 Å². The van der Waals surface area contributed by atoms with Gasteiger partial charge in [-0.1, -0.05) is 19.0 Å². The van der Waals surface area contributed by atoms with Gasteiger partial charge in [0, 0.05) is 12.5 Å². The molecule has 1 rings (SSSR count). The highest BCUT2D eigenvalue weighted by molar-refractivity contribution is 5.82. The monoisotopic (exact) mass is 227 g/mol. The molecule has 0 spiro atoms. The molecular formula is C12H25N3O. The summed E-state index contributed by atoms with van der Waals surface area (Å²) in [7, 11) is 0. The Bertz CT molecular complexity index is 228. The van der Waals surface area contributed by atoms with Crippen molar-refractivity contribution in [3.8, 4) is 0 Å². The normalized spacial score (nSPS) is 23.9. The third-order valence-electron chi connectivity index (χ3n) is 3.30. The average Bonchev–Trinajstić information content (AvgIpc) is 2.28. The Labute approximate surface area is 98.5 Å². The van der Waals surface area contributed by atoms with Crippen LogP contribution in [0.5, 0.6) is 0 Å². The van der Waals surface area contributed by atoms with E-state index in [1.54, 1.807) is 0 Å². The molecule has 4 nitrogen and oxygen atoms in total. The van der Waals surface area contributed by atoms with Gasteiger partial charge in [0.05, 0.1) is 0 Å². The number of oxime groups is 1. The van der Waals surface area contributed by atoms with Gasteiger partial charge in [-0.2, -0.15) is 0 Å². The zero-order valence-corrected chi connectivity index (χ0v) is 10.5. The van der Waals surface area contributed by atoms with Crippen LogP contribution in [0.15, 0.2) is 5.16 Å². The van der Waals surface area contributed by atoms with Crippen molar-refractivity contribution in [2.24, 2.45) is 22.7 Å². The van der Waals surface area contributed by atoms with Crippen molar-refractivity contribution >= 4 is 5.84 Å². The van der Waals surface area contributed by atoms with E-state index in [2.05, 4.69) is 23.9 Å². The smallest absolute Gasteiger partial charge is 0.143 e. The molecule has 1 atom stereocenters. The van der Waals surface area contributed by atoms with Crippen LogP contribution < -0.4 is 5.73 Å². The minimum Gasteiger partial charge on any atom is -0.409 e. The summed E-state index contributed by atoms with van der Waals surface area (Å²) in [6, 6.07) is 0. The first kappa shape index (κ1) is 13.3. The third-order valence-corrected chi connectivity index (χ3v) is 3.30. The molecule has 0 aliphatic carbocycles. The molecule has 1 saturated heterocycles. The van der Waals surface area contributed by atoms with Gasteiger partial charge in [0.15, 0.2) is 0 Å². The molecule has 0 radical (unpaired) electrons. The first-order chi connectivity index (χ1) is 7.63. The lowest BCUT2D eigenvalue weighted by molar-refractivity contribution is 0.194. The zero-order valence-electron chi connectivity index (χ0n) is 10.5. The molecule has 0 aromatic heterocycles. The molecule has 0 bridgehead atoms. The van der Waals surface area contributed by atoms with Crippen LogP contribution in [0.3, 0.4) is 0 Å². The van der Waals surface area contributed by atoms with Crippen molar-refractivity contribution < 1.29 is 5.21 Å². The first-order valence-corrected chi connectivity index (χ1v) is 6.33. The van der Waals surface area contributed by atoms with E-state index in [9.17, 15) is 0 Å². The SMILES string of the molecule is CC(C)CCCN1CCCC(C(N)=NO)C1. The molecule has 94 valence electrons. The highest BCUT2D eigenvalue weighted by Gasteiger charge is 2.22. The lowest BCUT2D eigenvalue weighted by atomic mass is 9.96. The van der Waals surface area contributed by atoms with Crippen LogP contribution >= 0.6 is 0 Å². The molecule has 0 aromatic rings. The molecule has 0 saturated carbocycles. The van der Waals surface area contributed by atoms with Crippen LogP contribution in [-0.4, -0.2) is 35.6 Å². The summed E-state index contributed by atoms with van der Waals surface area (Å²) < 4.78 is 0. The second-order valence-electron chi connectivity index (χ2n) is 5.20. The van der Waals surface area contributed by atoms with Gasteiger partial charge in [-0.3, -0.25) is 0 Å². The summed E-state index contributed by atoms with van der Waals surface area (Å²) in [5, 5.41) is 11.8. The lowest BCUT2D eigenvalue weighted by Crippen LogP contribution is -2.41. The minimum absolute atomic E-state index is 0.248. The van der Waals surface area contributed by atoms with E-state index in [0.29, 0.717) is 5.84 Å². The Morgan fingerprint density at radius 1 is 1.56 bits per heavy atom. The van der Waals surface area contributed by atoms with E-state index >= 15 is 0 Å². The fourth-order valence-electron chi connectivity index (χ4n) is 2.30. The Morgan fingerprint density at radius 3 is 2.94 bits per heavy atom. The minimum atomic E-state index is 0.248. The molecule has 3 N–H and O–H groups in total. The van der Waals surface area contributed by atoms with Crippen LogP contribution in [0.25, 0.3) is 0 Å². The van der Waals surface area contributed by atoms with E-state index < -0.39 is 0 Å². The molecule has 0 amide bonds. The molecule has 1 heterocycles. The van der Waals surface area contributed by atoms with Gasteiger partial charge in [-0.25, -0.2) is 0 Å². The molecule has 0 aromatic carbocycles. The number of rotatable bonds is 5. The zero-order chi connectivity index (χ0) is 12.0. The number of amidine groups is 1. The van der Waals surface area contributed by atoms with Gasteiger partial charge in [0.1, 0.15) is 5.84 Å². The molecule has 1 aliphatic rings. The van der Waals surface area contributed by atoms with Crippen LogP contribution in [0.4, 0.5) is 0 Å². The molecule has 1 aliphatic heterocycles. The second-order valence-corrected chi connectivity index (χ2v) is 5.20. The Morgan fingerprint density at radius 2 is 2.31 bits per heavy atom. The number of hydrogen-bond donors (Lipinski definition) is 2. The maximum absolute atomic E-state index is 8.67. The van der Waals surface area contributed by atoms with Crippen LogP contribution in [0.2, 0.25) is 0 Å². The predicted octanol–water partition coefficient (Wildman–Crippen LogP) is 1.88. The molecule has 1 unspecified atom stereocenters. The highest BCUT2D eigenvalue weighted by Crippen LogP contribution is 2.17. The molecular weight excluding hydrogens is 202 g/mol. The predicted molar refractivity (Wildman–Crippen MR) is 66.6 cm³/mol. The fourth-order valence-corrected chi connectivity index (χ4v) is 2.30. The van der Waals surface area contributed by atoms with E-state index in [1.165, 1.54) is 12.8 Å². The summed E-state index contributed by atoms with van der Waals surface area (Å²) in [6.45, 7) is 7.78. The van der Waals surface area contributed by atoms with Crippen LogP contribution in [0, 0.1) is 11.8 Å². The maximum Gasteiger partial charge on any atom is 0.143 e. The van der Waals surface area contributed by atoms with Crippen molar-refractivity contribution in [1.82, 2.24) is 4.90 Å². The largest absolute Gasteiger partial charge is 0.409 e. The summed E-state index contributed by atoms with van der Waals surface area (Å²) >= 11 is 0. The molecule has 16 heavy (non-hydrogen) atoms. The molecule has 4 heteroatoms. The average molecular weight is 227 g/mol. The summed E-state index contributed by atoms with van der Waals surface area (Å²) in [5.41, 5.74) is 5.66. The van der Waals surface area contributed by atoms with E-state index in [-0.39, 0.29) is 5.92 Å². The lowest BCUT2D eigenvalue weighted by Gasteiger charge is -2.32. The van der Waals surface area contributed by atoms with Crippen molar-refractivity contribution in [2.45, 2.75) is 39.5 Å². The van der Waals surface area contributed by atoms with Gasteiger partial charge in [0.2, 0.25) is 0 Å². The molecule has 1 fully saturated rings. The van der Waals surface area contributed by atoms with Crippen molar-refractivity contribution in [1.29, 1.82) is 0 Å². The Balaban J connectivity index is 2.28. The van der Waals surface area contributed by atoms with Crippen LogP contribution in [0.1, 0.15) is 39.5 Å². The van der Waals surface area contributed by atoms with E-state index in [0.717, 1.165) is 38.4 Å². The van der Waals surface area contributed by atoms with Crippen molar-refractivity contribution in [3.63, 3.8) is 0 Å². The number of likely N-dealkylation sites (tertiary alicyclic amines) is 1. The topological polar surface area (TPSA) is 61.8 Å².